The molecule has 0 aromatic heterocycles. The minimum atomic E-state index is -1.87. The molecule has 0 radical (unpaired) electrons. The number of amides is 11. The third-order valence-corrected chi connectivity index (χ3v) is 27.6. The summed E-state index contributed by atoms with van der Waals surface area (Å²) in [6.07, 6.45) is 0.795. The highest BCUT2D eigenvalue weighted by Crippen LogP contribution is 2.50. The van der Waals surface area contributed by atoms with Gasteiger partial charge in [-0.05, 0) is 144 Å². The molecule has 5 aliphatic rings. The van der Waals surface area contributed by atoms with Crippen molar-refractivity contribution in [2.45, 2.75) is 228 Å². The zero-order valence-corrected chi connectivity index (χ0v) is 77.1. The van der Waals surface area contributed by atoms with Crippen molar-refractivity contribution < 1.29 is 102 Å². The van der Waals surface area contributed by atoms with Gasteiger partial charge in [-0.1, -0.05) is 155 Å². The lowest BCUT2D eigenvalue weighted by Crippen LogP contribution is -2.64. The van der Waals surface area contributed by atoms with Crippen LogP contribution in [-0.4, -0.2) is 264 Å². The molecule has 15 N–H and O–H groups in total. The quantitative estimate of drug-likeness (QED) is 0.0135. The van der Waals surface area contributed by atoms with E-state index in [1.54, 1.807) is 86.6 Å². The number of allylic oxidation sites excluding steroid dienone is 4. The Morgan fingerprint density at radius 3 is 2.20 bits per heavy atom. The Bertz CT molecular complexity index is 4630. The number of likely N-dealkylation sites (N-methyl/N-ethyl adjacent to an activating group) is 1. The van der Waals surface area contributed by atoms with Crippen molar-refractivity contribution in [3.8, 4) is 5.75 Å². The molecular weight excluding hydrogens is 1730 g/mol. The van der Waals surface area contributed by atoms with Crippen LogP contribution in [0.15, 0.2) is 127 Å². The second kappa shape index (κ2) is 48.9. The molecular formula is C91H123ClN12O21S3. The Hall–Kier alpha value is -9.60. The van der Waals surface area contributed by atoms with Crippen LogP contribution in [-0.2, 0) is 92.6 Å². The fraction of sp³-hybridized carbons (Fsp3) is 0.538. The predicted molar refractivity (Wildman–Crippen MR) is 488 cm³/mol. The highest BCUT2D eigenvalue weighted by Gasteiger charge is 2.65. The first-order valence-corrected chi connectivity index (χ1v) is 47.2. The van der Waals surface area contributed by atoms with E-state index in [0.29, 0.717) is 60.4 Å². The Kier molecular flexibility index (Phi) is 39.0. The van der Waals surface area contributed by atoms with E-state index in [9.17, 15) is 58.8 Å². The minimum absolute atomic E-state index is 0.00674. The molecule has 0 unspecified atom stereocenters. The van der Waals surface area contributed by atoms with E-state index in [4.69, 9.17) is 41.0 Å². The first kappa shape index (κ1) is 102. The average molecular weight is 1850 g/mol. The maximum absolute atomic E-state index is 15.4. The highest BCUT2D eigenvalue weighted by molar-refractivity contribution is 8.76. The Labute approximate surface area is 764 Å². The molecule has 698 valence electrons. The predicted octanol–water partition coefficient (Wildman–Crippen LogP) is 5.36. The standard InChI is InChI=1S/C91H123ClN12O21S3/c1-52-24-17-20-32-74(122-10)91(120)48-73(123-89(119)102-91)53(2)80-90(6,125-80)75(47-77(110)104(8)70-43-59(40-52)44-72(121-9)78(70)92)124-87(117)54(3)103(7)76(109)35-39-126-38-23-37-94-88(118)100-65(42-58-27-15-12-16-28-58)83(113)98-68-50-127-128-51-69(85(115)97-67(49-105)55(4)106)99-86(116)79(56(5)107)101-82(112)64(31-21-22-36-93)95-84(114)66(45-61-34-33-60-29-18-19-30-63(60)61)96-81(111)62(46-71(68)108)41-57-25-13-11-14-26-57/h11-20,24-30,34,43-44,53-56,62,64-69,73-75,79-80,105-107,120H,21-23,31-33,35-42,45-51,93H2,1-10H3,(H,95,114)(H,96,111)(H,97,115)(H,98,113)(H,99,116)(H,101,112)(H,102,119)(H2,94,100,118)/b20-17+,52-24+/t53-,54+,55-,56-,62-,64+,65-,66-,67-,68+,69+,73+,74-,75+,79+,80+,90+,91+/m1/s1. The molecule has 1 aliphatic carbocycles. The number of rotatable bonds is 30. The smallest absolute Gasteiger partial charge is 0.409 e. The number of halogens is 1. The van der Waals surface area contributed by atoms with E-state index < -0.39 is 199 Å². The van der Waals surface area contributed by atoms with E-state index in [1.807, 2.05) is 55.5 Å². The first-order chi connectivity index (χ1) is 61.1. The summed E-state index contributed by atoms with van der Waals surface area (Å²) in [6.45, 7) is 9.03. The number of nitrogens with two attached hydrogens (primary N) is 1. The molecule has 4 bridgehead atoms. The number of urea groups is 1. The Balaban J connectivity index is 0.884. The summed E-state index contributed by atoms with van der Waals surface area (Å²) < 4.78 is 29.9. The Morgan fingerprint density at radius 1 is 0.820 bits per heavy atom. The van der Waals surface area contributed by atoms with Crippen molar-refractivity contribution in [3.05, 3.63) is 160 Å². The molecule has 4 heterocycles. The van der Waals surface area contributed by atoms with E-state index in [1.165, 1.54) is 70.6 Å². The van der Waals surface area contributed by atoms with Crippen LogP contribution in [0.4, 0.5) is 15.3 Å². The van der Waals surface area contributed by atoms with Gasteiger partial charge in [0.1, 0.15) is 70.9 Å². The van der Waals surface area contributed by atoms with Gasteiger partial charge in [-0.15, -0.1) is 0 Å². The van der Waals surface area contributed by atoms with Crippen LogP contribution in [0.5, 0.6) is 5.75 Å². The zero-order valence-electron chi connectivity index (χ0n) is 73.9. The lowest BCUT2D eigenvalue weighted by molar-refractivity contribution is -0.162. The van der Waals surface area contributed by atoms with Gasteiger partial charge >= 0.3 is 18.1 Å². The average Bonchev–Trinajstić information content (AvgIpc) is 1.57. The van der Waals surface area contributed by atoms with E-state index in [0.717, 1.165) is 49.4 Å². The number of unbranched alkanes of at least 4 members (excludes halogenated alkanes) is 1. The molecule has 37 heteroatoms. The number of epoxide rings is 1. The maximum Gasteiger partial charge on any atom is 0.409 e. The number of thioether (sulfide) groups is 1. The number of methoxy groups -OCH3 is 2. The van der Waals surface area contributed by atoms with Gasteiger partial charge in [0.15, 0.2) is 11.5 Å². The normalized spacial score (nSPS) is 26.5. The lowest BCUT2D eigenvalue weighted by atomic mass is 9.83. The number of aliphatic hydroxyl groups is 4. The number of nitrogens with zero attached hydrogens (tertiary/aromatic N) is 2. The van der Waals surface area contributed by atoms with Crippen LogP contribution >= 0.6 is 45.0 Å². The van der Waals surface area contributed by atoms with Gasteiger partial charge in [0.05, 0.1) is 56.2 Å². The molecule has 4 aromatic carbocycles. The fourth-order valence-electron chi connectivity index (χ4n) is 15.8. The SMILES string of the molecule is COc1cc2cc(c1Cl)N(C)C(=O)C[C@H](OC(=O)[C@H](C)N(C)C(=O)CCSCCCNC(=O)N[C@H](Cc1ccccc1)C(=O)N[C@H]1CSSC[C@@H](C(=O)N[C@H](CO)[C@@H](C)O)NC(=O)[C@H]([C@@H](C)O)NC(=O)[C@H](CCCCN)NC(=O)[C@@H](CC3=CCc4ccccc43)NC(=O)[C@H](Cc3ccccc3)CC1=O)[C@]1(C)O[C@H]1[C@H](C)[C@@H]1C[C@@](O)(NC(=O)O1)[C@H](OC)C/C=C/C=C(\C)C2. The zero-order chi connectivity index (χ0) is 93.1. The van der Waals surface area contributed by atoms with Gasteiger partial charge < -0.3 is 102 Å². The Morgan fingerprint density at radius 2 is 1.51 bits per heavy atom. The van der Waals surface area contributed by atoms with Crippen molar-refractivity contribution >= 4 is 127 Å². The number of benzene rings is 4. The van der Waals surface area contributed by atoms with Crippen molar-refractivity contribution in [1.29, 1.82) is 0 Å². The van der Waals surface area contributed by atoms with Crippen molar-refractivity contribution in [2.75, 3.05) is 75.9 Å². The van der Waals surface area contributed by atoms with Crippen LogP contribution in [0.1, 0.15) is 134 Å². The number of hydrogen-bond acceptors (Lipinski definition) is 25. The van der Waals surface area contributed by atoms with Gasteiger partial charge in [0.2, 0.25) is 47.3 Å². The summed E-state index contributed by atoms with van der Waals surface area (Å²) in [7, 11) is 7.85. The second-order valence-corrected chi connectivity index (χ2v) is 37.5. The van der Waals surface area contributed by atoms with Crippen molar-refractivity contribution in [3.63, 3.8) is 0 Å². The van der Waals surface area contributed by atoms with Crippen molar-refractivity contribution in [2.24, 2.45) is 17.6 Å². The number of aliphatic hydroxyl groups excluding tert-OH is 3. The van der Waals surface area contributed by atoms with Gasteiger partial charge in [-0.2, -0.15) is 11.8 Å². The highest BCUT2D eigenvalue weighted by atomic mass is 35.5. The van der Waals surface area contributed by atoms with Crippen molar-refractivity contribution in [1.82, 2.24) is 52.8 Å². The molecule has 128 heavy (non-hydrogen) atoms. The number of Topliss-reactive ketones (excluding diaryl/α,β-unsaturated/α-hetero) is 1. The summed E-state index contributed by atoms with van der Waals surface area (Å²) in [4.78, 5) is 177. The molecule has 0 spiro atoms. The number of hydrogen-bond donors (Lipinski definition) is 14. The van der Waals surface area contributed by atoms with Crippen LogP contribution in [0.2, 0.25) is 5.02 Å². The van der Waals surface area contributed by atoms with E-state index in [2.05, 4.69) is 47.9 Å². The van der Waals surface area contributed by atoms with Gasteiger partial charge in [-0.3, -0.25) is 48.5 Å². The fourth-order valence-corrected chi connectivity index (χ4v) is 19.3. The van der Waals surface area contributed by atoms with Gasteiger partial charge in [0.25, 0.3) is 0 Å². The number of carbonyl (C=O) groups excluding carboxylic acids is 12. The maximum atomic E-state index is 15.4. The number of carbonyl (C=O) groups is 12. The van der Waals surface area contributed by atoms with Crippen LogP contribution in [0.3, 0.4) is 0 Å². The summed E-state index contributed by atoms with van der Waals surface area (Å²) in [5, 5.41) is 68.4. The summed E-state index contributed by atoms with van der Waals surface area (Å²) in [5.74, 6) is -8.90. The number of esters is 1. The second-order valence-electron chi connectivity index (χ2n) is 33.3. The molecule has 4 aromatic rings. The van der Waals surface area contributed by atoms with Gasteiger partial charge in [-0.25, -0.2) is 14.4 Å². The number of fused-ring (bicyclic) bond motifs is 6. The largest absolute Gasteiger partial charge is 0.495 e. The molecule has 3 fully saturated rings. The lowest BCUT2D eigenvalue weighted by Gasteiger charge is -2.42. The molecule has 18 atom stereocenters. The number of ketones is 1. The third-order valence-electron chi connectivity index (χ3n) is 23.7. The monoisotopic (exact) mass is 1850 g/mol. The van der Waals surface area contributed by atoms with Gasteiger partial charge in [0, 0.05) is 88.9 Å². The van der Waals surface area contributed by atoms with Crippen LogP contribution in [0.25, 0.3) is 5.57 Å². The first-order valence-electron chi connectivity index (χ1n) is 43.2. The van der Waals surface area contributed by atoms with Crippen LogP contribution in [0, 0.1) is 11.8 Å². The number of anilines is 1. The summed E-state index contributed by atoms with van der Waals surface area (Å²) >= 11 is 8.31. The molecule has 3 saturated heterocycles. The molecule has 9 rings (SSSR count). The van der Waals surface area contributed by atoms with E-state index >= 15 is 19.2 Å². The number of nitrogens with one attached hydrogen (secondary N) is 9. The topological polar surface area (TPSA) is 476 Å². The summed E-state index contributed by atoms with van der Waals surface area (Å²) in [6, 6.07) is 16.8. The molecule has 0 saturated carbocycles. The number of ether oxygens (including phenoxy) is 5. The molecule has 33 nitrogen and oxygen atoms in total. The third kappa shape index (κ3) is 28.7. The van der Waals surface area contributed by atoms with E-state index in [-0.39, 0.29) is 80.3 Å². The number of alkyl carbamates (subject to hydrolysis) is 1. The molecule has 4 aliphatic heterocycles. The van der Waals surface area contributed by atoms with Crippen LogP contribution < -0.4 is 63.2 Å². The minimum Gasteiger partial charge on any atom is -0.495 e. The molecule has 11 amide bonds. The summed E-state index contributed by atoms with van der Waals surface area (Å²) in [5.41, 5.74) is 8.46.